The molecular formula is C23H23FN4O2. The minimum Gasteiger partial charge on any atom is -0.459 e. The van der Waals surface area contributed by atoms with Gasteiger partial charge in [-0.2, -0.15) is 0 Å². The van der Waals surface area contributed by atoms with Crippen molar-refractivity contribution in [3.8, 4) is 5.69 Å². The predicted molar refractivity (Wildman–Crippen MR) is 113 cm³/mol. The maximum Gasteiger partial charge on any atom is 0.291 e. The summed E-state index contributed by atoms with van der Waals surface area (Å²) >= 11 is 0. The molecule has 4 aromatic rings. The van der Waals surface area contributed by atoms with Crippen molar-refractivity contribution < 1.29 is 13.6 Å². The van der Waals surface area contributed by atoms with E-state index in [4.69, 9.17) is 4.42 Å². The van der Waals surface area contributed by atoms with Crippen LogP contribution in [-0.4, -0.2) is 20.7 Å². The number of nitrogens with zero attached hydrogens (tertiary/aromatic N) is 3. The number of carbonyl (C=O) groups excluding carboxylic acids is 1. The maximum atomic E-state index is 14.5. The van der Waals surface area contributed by atoms with Gasteiger partial charge in [-0.05, 0) is 54.3 Å². The summed E-state index contributed by atoms with van der Waals surface area (Å²) in [7, 11) is 0. The normalized spacial score (nSPS) is 12.2. The van der Waals surface area contributed by atoms with E-state index in [-0.39, 0.29) is 11.4 Å². The van der Waals surface area contributed by atoms with Crippen LogP contribution in [0.4, 0.5) is 10.1 Å². The highest BCUT2D eigenvalue weighted by Crippen LogP contribution is 2.23. The second kappa shape index (κ2) is 8.49. The van der Waals surface area contributed by atoms with Crippen LogP contribution in [0, 0.1) is 11.7 Å². The number of hydrogen-bond donors (Lipinski definition) is 1. The Hall–Kier alpha value is -3.48. The van der Waals surface area contributed by atoms with Gasteiger partial charge in [-0.3, -0.25) is 4.79 Å². The van der Waals surface area contributed by atoms with Crippen LogP contribution in [-0.2, 0) is 6.42 Å². The number of benzene rings is 1. The smallest absolute Gasteiger partial charge is 0.291 e. The van der Waals surface area contributed by atoms with E-state index in [0.29, 0.717) is 17.3 Å². The Morgan fingerprint density at radius 2 is 2.17 bits per heavy atom. The third-order valence-corrected chi connectivity index (χ3v) is 4.98. The van der Waals surface area contributed by atoms with Gasteiger partial charge >= 0.3 is 0 Å². The van der Waals surface area contributed by atoms with Crippen LogP contribution in [0.1, 0.15) is 42.8 Å². The molecule has 3 heterocycles. The number of furan rings is 1. The summed E-state index contributed by atoms with van der Waals surface area (Å²) in [5.41, 5.74) is 2.36. The third-order valence-electron chi connectivity index (χ3n) is 4.98. The molecule has 0 bridgehead atoms. The van der Waals surface area contributed by atoms with Gasteiger partial charge in [0.15, 0.2) is 11.4 Å². The summed E-state index contributed by atoms with van der Waals surface area (Å²) in [4.78, 5) is 16.6. The topological polar surface area (TPSA) is 73.0 Å². The van der Waals surface area contributed by atoms with Gasteiger partial charge in [-0.1, -0.05) is 26.7 Å². The summed E-state index contributed by atoms with van der Waals surface area (Å²) in [6.07, 6.45) is 8.28. The van der Waals surface area contributed by atoms with Crippen molar-refractivity contribution in [2.24, 2.45) is 5.92 Å². The second-order valence-corrected chi connectivity index (χ2v) is 7.53. The number of rotatable bonds is 7. The minimum absolute atomic E-state index is 0.180. The Balaban J connectivity index is 1.60. The monoisotopic (exact) mass is 406 g/mol. The van der Waals surface area contributed by atoms with Crippen molar-refractivity contribution in [1.29, 1.82) is 0 Å². The first-order chi connectivity index (χ1) is 14.5. The molecule has 0 aliphatic carbocycles. The van der Waals surface area contributed by atoms with Crippen molar-refractivity contribution in [1.82, 2.24) is 14.8 Å². The highest BCUT2D eigenvalue weighted by Gasteiger charge is 2.14. The van der Waals surface area contributed by atoms with Crippen LogP contribution in [0.2, 0.25) is 0 Å². The number of nitrogens with one attached hydrogen (secondary N) is 1. The Labute approximate surface area is 173 Å². The highest BCUT2D eigenvalue weighted by molar-refractivity contribution is 6.02. The molecule has 1 unspecified atom stereocenters. The van der Waals surface area contributed by atoms with Gasteiger partial charge in [0.2, 0.25) is 0 Å². The van der Waals surface area contributed by atoms with E-state index >= 15 is 0 Å². The molecule has 1 atom stereocenters. The number of fused-ring (bicyclic) bond motifs is 1. The van der Waals surface area contributed by atoms with E-state index in [1.165, 1.54) is 35.6 Å². The number of aromatic nitrogens is 3. The summed E-state index contributed by atoms with van der Waals surface area (Å²) in [6, 6.07) is 9.57. The molecule has 154 valence electrons. The average Bonchev–Trinajstić information content (AvgIpc) is 3.39. The molecule has 0 saturated heterocycles. The van der Waals surface area contributed by atoms with E-state index in [2.05, 4.69) is 35.3 Å². The van der Waals surface area contributed by atoms with E-state index < -0.39 is 11.7 Å². The maximum absolute atomic E-state index is 14.5. The molecule has 0 fully saturated rings. The molecule has 0 radical (unpaired) electrons. The molecule has 0 saturated carbocycles. The highest BCUT2D eigenvalue weighted by atomic mass is 19.1. The zero-order valence-corrected chi connectivity index (χ0v) is 16.9. The fourth-order valence-electron chi connectivity index (χ4n) is 3.56. The van der Waals surface area contributed by atoms with E-state index in [1.807, 2.05) is 6.20 Å². The number of halogens is 1. The lowest BCUT2D eigenvalue weighted by molar-refractivity contribution is 0.0996. The van der Waals surface area contributed by atoms with Crippen LogP contribution in [0.15, 0.2) is 59.5 Å². The fraction of sp³-hybridized carbons (Fsp3) is 0.261. The van der Waals surface area contributed by atoms with Gasteiger partial charge in [-0.15, -0.1) is 5.10 Å². The van der Waals surface area contributed by atoms with Crippen molar-refractivity contribution in [3.05, 3.63) is 72.2 Å². The molecular weight excluding hydrogens is 383 g/mol. The van der Waals surface area contributed by atoms with Crippen molar-refractivity contribution in [2.75, 3.05) is 5.32 Å². The number of carbonyl (C=O) groups is 1. The molecule has 1 amide bonds. The lowest BCUT2D eigenvalue weighted by Gasteiger charge is -2.09. The van der Waals surface area contributed by atoms with Crippen LogP contribution >= 0.6 is 0 Å². The van der Waals surface area contributed by atoms with E-state index in [1.54, 1.807) is 18.3 Å². The molecule has 6 nitrogen and oxygen atoms in total. The van der Waals surface area contributed by atoms with Gasteiger partial charge in [0.1, 0.15) is 11.5 Å². The largest absolute Gasteiger partial charge is 0.459 e. The van der Waals surface area contributed by atoms with Gasteiger partial charge in [-0.25, -0.2) is 14.1 Å². The molecule has 7 heteroatoms. The lowest BCUT2D eigenvalue weighted by atomic mass is 9.98. The van der Waals surface area contributed by atoms with Gasteiger partial charge < -0.3 is 9.73 Å². The Kier molecular flexibility index (Phi) is 5.61. The van der Waals surface area contributed by atoms with Crippen molar-refractivity contribution in [3.63, 3.8) is 0 Å². The number of amides is 1. The lowest BCUT2D eigenvalue weighted by Crippen LogP contribution is -2.11. The van der Waals surface area contributed by atoms with Gasteiger partial charge in [0, 0.05) is 23.5 Å². The minimum atomic E-state index is -0.449. The standard InChI is InChI=1S/C23H23FN4O2/c1-3-5-15(2)10-16-11-17-14-28(27-22(17)25-13-16)20-12-18(7-8-19(20)24)26-23(29)21-6-4-9-30-21/h4,6-9,11-15H,3,5,10H2,1-2H3,(H,26,29). The first kappa shape index (κ1) is 19.8. The first-order valence-corrected chi connectivity index (χ1v) is 10.0. The van der Waals surface area contributed by atoms with E-state index in [9.17, 15) is 9.18 Å². The molecule has 4 rings (SSSR count). The van der Waals surface area contributed by atoms with Crippen LogP contribution in [0.5, 0.6) is 0 Å². The first-order valence-electron chi connectivity index (χ1n) is 10.0. The Morgan fingerprint density at radius 1 is 1.30 bits per heavy atom. The zero-order chi connectivity index (χ0) is 21.1. The van der Waals surface area contributed by atoms with Gasteiger partial charge in [0.25, 0.3) is 5.91 Å². The summed E-state index contributed by atoms with van der Waals surface area (Å²) in [6.45, 7) is 4.41. The average molecular weight is 406 g/mol. The van der Waals surface area contributed by atoms with Crippen LogP contribution in [0.3, 0.4) is 0 Å². The Morgan fingerprint density at radius 3 is 2.93 bits per heavy atom. The number of pyridine rings is 1. The summed E-state index contributed by atoms with van der Waals surface area (Å²) in [5, 5.41) is 7.95. The van der Waals surface area contributed by atoms with Crippen molar-refractivity contribution >= 4 is 22.6 Å². The molecule has 0 aliphatic heterocycles. The predicted octanol–water partition coefficient (Wildman–Crippen LogP) is 5.38. The Bertz CT molecular complexity index is 1170. The quantitative estimate of drug-likeness (QED) is 0.447. The SMILES string of the molecule is CCCC(C)Cc1cnc2nn(-c3cc(NC(=O)c4ccco4)ccc3F)cc2c1. The van der Waals surface area contributed by atoms with Crippen LogP contribution < -0.4 is 5.32 Å². The second-order valence-electron chi connectivity index (χ2n) is 7.53. The van der Waals surface area contributed by atoms with E-state index in [0.717, 1.165) is 23.8 Å². The zero-order valence-electron chi connectivity index (χ0n) is 16.9. The molecule has 0 aliphatic rings. The number of anilines is 1. The van der Waals surface area contributed by atoms with Crippen molar-refractivity contribution in [2.45, 2.75) is 33.1 Å². The molecule has 1 aromatic carbocycles. The summed E-state index contributed by atoms with van der Waals surface area (Å²) in [5.74, 6) is -0.0952. The molecule has 30 heavy (non-hydrogen) atoms. The molecule has 1 N–H and O–H groups in total. The van der Waals surface area contributed by atoms with Gasteiger partial charge in [0.05, 0.1) is 6.26 Å². The molecule has 3 aromatic heterocycles. The fourth-order valence-corrected chi connectivity index (χ4v) is 3.56. The third kappa shape index (κ3) is 4.25. The number of hydrogen-bond acceptors (Lipinski definition) is 4. The molecule has 0 spiro atoms. The summed E-state index contributed by atoms with van der Waals surface area (Å²) < 4.78 is 21.1. The van der Waals surface area contributed by atoms with Crippen LogP contribution in [0.25, 0.3) is 16.7 Å².